The molecule has 1 heterocycles. The van der Waals surface area contributed by atoms with E-state index in [0.29, 0.717) is 12.1 Å². The van der Waals surface area contributed by atoms with Crippen LogP contribution in [0.5, 0.6) is 0 Å². The number of nitrogens with zero attached hydrogens (tertiary/aromatic N) is 2. The van der Waals surface area contributed by atoms with E-state index < -0.39 is 0 Å². The maximum Gasteiger partial charge on any atom is 0.183 e. The first-order chi connectivity index (χ1) is 10.3. The van der Waals surface area contributed by atoms with Crippen LogP contribution in [-0.2, 0) is 6.42 Å². The molecule has 0 atom stereocenters. The zero-order valence-corrected chi connectivity index (χ0v) is 11.6. The van der Waals surface area contributed by atoms with E-state index in [9.17, 15) is 4.79 Å². The smallest absolute Gasteiger partial charge is 0.183 e. The Labute approximate surface area is 123 Å². The number of rotatable bonds is 5. The minimum absolute atomic E-state index is 0.0773. The first-order valence-corrected chi connectivity index (χ1v) is 7.01. The Morgan fingerprint density at radius 2 is 1.57 bits per heavy atom. The Kier molecular flexibility index (Phi) is 3.92. The molecule has 0 radical (unpaired) electrons. The number of carbonyl (C=O) groups excluding carboxylic acids is 1. The average Bonchev–Trinajstić information content (AvgIpc) is 3.04. The Balaban J connectivity index is 1.67. The standard InChI is InChI=1S/C18H16N2O/c21-18(12-11-15-7-3-1-4-8-15)17-13-14-20(19-17)16-9-5-2-6-10-16/h1-10,13-14H,11-12H2. The molecule has 0 fully saturated rings. The molecule has 2 aromatic carbocycles. The molecule has 104 valence electrons. The van der Waals surface area contributed by atoms with Crippen molar-refractivity contribution < 1.29 is 4.79 Å². The van der Waals surface area contributed by atoms with Gasteiger partial charge in [-0.1, -0.05) is 48.5 Å². The third kappa shape index (κ3) is 3.26. The summed E-state index contributed by atoms with van der Waals surface area (Å²) in [5, 5.41) is 4.36. The van der Waals surface area contributed by atoms with E-state index in [-0.39, 0.29) is 5.78 Å². The van der Waals surface area contributed by atoms with Crippen molar-refractivity contribution >= 4 is 5.78 Å². The molecule has 0 bridgehead atoms. The molecule has 0 spiro atoms. The van der Waals surface area contributed by atoms with Crippen LogP contribution in [0.3, 0.4) is 0 Å². The third-order valence-corrected chi connectivity index (χ3v) is 3.38. The van der Waals surface area contributed by atoms with Crippen LogP contribution in [0.15, 0.2) is 72.9 Å². The molecule has 3 heteroatoms. The van der Waals surface area contributed by atoms with Crippen molar-refractivity contribution in [2.45, 2.75) is 12.8 Å². The van der Waals surface area contributed by atoms with Gasteiger partial charge in [0.1, 0.15) is 5.69 Å². The van der Waals surface area contributed by atoms with Crippen LogP contribution in [0.2, 0.25) is 0 Å². The van der Waals surface area contributed by atoms with Crippen molar-refractivity contribution in [2.24, 2.45) is 0 Å². The van der Waals surface area contributed by atoms with Gasteiger partial charge in [0.2, 0.25) is 0 Å². The lowest BCUT2D eigenvalue weighted by atomic mass is 10.1. The average molecular weight is 276 g/mol. The van der Waals surface area contributed by atoms with Gasteiger partial charge in [0.15, 0.2) is 5.78 Å². The van der Waals surface area contributed by atoms with Gasteiger partial charge in [0, 0.05) is 12.6 Å². The fourth-order valence-corrected chi connectivity index (χ4v) is 2.23. The fourth-order valence-electron chi connectivity index (χ4n) is 2.23. The maximum atomic E-state index is 12.2. The van der Waals surface area contributed by atoms with Gasteiger partial charge in [0.25, 0.3) is 0 Å². The highest BCUT2D eigenvalue weighted by molar-refractivity contribution is 5.94. The first-order valence-electron chi connectivity index (χ1n) is 7.01. The summed E-state index contributed by atoms with van der Waals surface area (Å²) in [5.74, 6) is 0.0773. The lowest BCUT2D eigenvalue weighted by Gasteiger charge is -2.01. The molecule has 3 nitrogen and oxygen atoms in total. The van der Waals surface area contributed by atoms with E-state index in [1.807, 2.05) is 66.9 Å². The molecular formula is C18H16N2O. The van der Waals surface area contributed by atoms with Gasteiger partial charge < -0.3 is 0 Å². The second-order valence-corrected chi connectivity index (χ2v) is 4.89. The summed E-state index contributed by atoms with van der Waals surface area (Å²) in [7, 11) is 0. The van der Waals surface area contributed by atoms with Gasteiger partial charge in [0.05, 0.1) is 5.69 Å². The quantitative estimate of drug-likeness (QED) is 0.666. The highest BCUT2D eigenvalue weighted by atomic mass is 16.1. The minimum atomic E-state index is 0.0773. The first kappa shape index (κ1) is 13.3. The van der Waals surface area contributed by atoms with Gasteiger partial charge in [-0.2, -0.15) is 5.10 Å². The molecule has 0 saturated heterocycles. The molecule has 21 heavy (non-hydrogen) atoms. The Hall–Kier alpha value is -2.68. The van der Waals surface area contributed by atoms with Gasteiger partial charge in [-0.25, -0.2) is 4.68 Å². The summed E-state index contributed by atoms with van der Waals surface area (Å²) < 4.78 is 1.73. The molecule has 0 saturated carbocycles. The number of hydrogen-bond donors (Lipinski definition) is 0. The molecule has 0 aliphatic heterocycles. The molecule has 3 rings (SSSR count). The van der Waals surface area contributed by atoms with E-state index in [2.05, 4.69) is 5.10 Å². The maximum absolute atomic E-state index is 12.2. The molecule has 3 aromatic rings. The summed E-state index contributed by atoms with van der Waals surface area (Å²) in [5.41, 5.74) is 2.66. The number of Topliss-reactive ketones (excluding diaryl/α,β-unsaturated/α-hetero) is 1. The number of aryl methyl sites for hydroxylation is 1. The van der Waals surface area contributed by atoms with E-state index in [4.69, 9.17) is 0 Å². The SMILES string of the molecule is O=C(CCc1ccccc1)c1ccn(-c2ccccc2)n1. The summed E-state index contributed by atoms with van der Waals surface area (Å²) in [6.45, 7) is 0. The van der Waals surface area contributed by atoms with E-state index in [0.717, 1.165) is 12.1 Å². The van der Waals surface area contributed by atoms with E-state index >= 15 is 0 Å². The van der Waals surface area contributed by atoms with Gasteiger partial charge in [-0.05, 0) is 30.2 Å². The molecule has 0 aliphatic rings. The van der Waals surface area contributed by atoms with Crippen LogP contribution in [0, 0.1) is 0 Å². The van der Waals surface area contributed by atoms with Crippen LogP contribution >= 0.6 is 0 Å². The van der Waals surface area contributed by atoms with Gasteiger partial charge in [-0.15, -0.1) is 0 Å². The summed E-state index contributed by atoms with van der Waals surface area (Å²) in [4.78, 5) is 12.2. The van der Waals surface area contributed by atoms with Crippen molar-refractivity contribution in [3.63, 3.8) is 0 Å². The summed E-state index contributed by atoms with van der Waals surface area (Å²) in [6, 6.07) is 21.6. The monoisotopic (exact) mass is 276 g/mol. The largest absolute Gasteiger partial charge is 0.292 e. The van der Waals surface area contributed by atoms with Crippen molar-refractivity contribution in [1.82, 2.24) is 9.78 Å². The number of para-hydroxylation sites is 1. The number of ketones is 1. The molecular weight excluding hydrogens is 260 g/mol. The van der Waals surface area contributed by atoms with Crippen LogP contribution in [0.25, 0.3) is 5.69 Å². The molecule has 0 aliphatic carbocycles. The Morgan fingerprint density at radius 3 is 2.29 bits per heavy atom. The number of benzene rings is 2. The summed E-state index contributed by atoms with van der Waals surface area (Å²) >= 11 is 0. The second-order valence-electron chi connectivity index (χ2n) is 4.89. The Bertz CT molecular complexity index is 717. The predicted molar refractivity (Wildman–Crippen MR) is 82.7 cm³/mol. The Morgan fingerprint density at radius 1 is 0.905 bits per heavy atom. The number of aromatic nitrogens is 2. The zero-order valence-electron chi connectivity index (χ0n) is 11.6. The normalized spacial score (nSPS) is 10.5. The molecule has 0 unspecified atom stereocenters. The zero-order chi connectivity index (χ0) is 14.5. The van der Waals surface area contributed by atoms with Crippen LogP contribution in [0.4, 0.5) is 0 Å². The number of hydrogen-bond acceptors (Lipinski definition) is 2. The lowest BCUT2D eigenvalue weighted by Crippen LogP contribution is -2.04. The fraction of sp³-hybridized carbons (Fsp3) is 0.111. The van der Waals surface area contributed by atoms with Gasteiger partial charge >= 0.3 is 0 Å². The highest BCUT2D eigenvalue weighted by Crippen LogP contribution is 2.10. The number of carbonyl (C=O) groups is 1. The minimum Gasteiger partial charge on any atom is -0.292 e. The van der Waals surface area contributed by atoms with Crippen LogP contribution in [0.1, 0.15) is 22.5 Å². The highest BCUT2D eigenvalue weighted by Gasteiger charge is 2.10. The molecule has 0 N–H and O–H groups in total. The van der Waals surface area contributed by atoms with Gasteiger partial charge in [-0.3, -0.25) is 4.79 Å². The van der Waals surface area contributed by atoms with E-state index in [1.165, 1.54) is 5.56 Å². The van der Waals surface area contributed by atoms with Crippen LogP contribution in [-0.4, -0.2) is 15.6 Å². The lowest BCUT2D eigenvalue weighted by molar-refractivity contribution is 0.0977. The van der Waals surface area contributed by atoms with Crippen molar-refractivity contribution in [2.75, 3.05) is 0 Å². The third-order valence-electron chi connectivity index (χ3n) is 3.38. The van der Waals surface area contributed by atoms with Crippen molar-refractivity contribution in [3.05, 3.63) is 84.2 Å². The van der Waals surface area contributed by atoms with E-state index in [1.54, 1.807) is 10.7 Å². The summed E-state index contributed by atoms with van der Waals surface area (Å²) in [6.07, 6.45) is 3.05. The molecule has 0 amide bonds. The van der Waals surface area contributed by atoms with Crippen molar-refractivity contribution in [1.29, 1.82) is 0 Å². The molecule has 1 aromatic heterocycles. The van der Waals surface area contributed by atoms with Crippen LogP contribution < -0.4 is 0 Å². The van der Waals surface area contributed by atoms with Crippen molar-refractivity contribution in [3.8, 4) is 5.69 Å². The predicted octanol–water partition coefficient (Wildman–Crippen LogP) is 3.69. The second kappa shape index (κ2) is 6.18. The topological polar surface area (TPSA) is 34.9 Å².